The average Bonchev–Trinajstić information content (AvgIpc) is 2.95. The van der Waals surface area contributed by atoms with Crippen molar-refractivity contribution in [3.63, 3.8) is 0 Å². The summed E-state index contributed by atoms with van der Waals surface area (Å²) in [5.41, 5.74) is 4.89. The van der Waals surface area contributed by atoms with Crippen molar-refractivity contribution in [2.24, 2.45) is 0 Å². The molecule has 0 radical (unpaired) electrons. The van der Waals surface area contributed by atoms with Gasteiger partial charge in [0.2, 0.25) is 5.78 Å². The van der Waals surface area contributed by atoms with Crippen molar-refractivity contribution in [2.75, 3.05) is 13.7 Å². The molecule has 2 aromatic carbocycles. The SMILES string of the molecule is COc1cccc(OCC(=O)c2cc(C)n(-c3ccc(C)cc3)c2C)c1. The number of aryl methyl sites for hydroxylation is 2. The number of carbonyl (C=O) groups is 1. The number of hydrogen-bond donors (Lipinski definition) is 0. The van der Waals surface area contributed by atoms with Crippen molar-refractivity contribution >= 4 is 5.78 Å². The third-order valence-electron chi connectivity index (χ3n) is 4.43. The Morgan fingerprint density at radius 1 is 0.962 bits per heavy atom. The van der Waals surface area contributed by atoms with Gasteiger partial charge in [-0.15, -0.1) is 0 Å². The van der Waals surface area contributed by atoms with E-state index in [0.29, 0.717) is 17.1 Å². The minimum Gasteiger partial charge on any atom is -0.497 e. The van der Waals surface area contributed by atoms with E-state index in [4.69, 9.17) is 9.47 Å². The van der Waals surface area contributed by atoms with E-state index in [2.05, 4.69) is 35.8 Å². The van der Waals surface area contributed by atoms with Crippen molar-refractivity contribution in [1.82, 2.24) is 4.57 Å². The van der Waals surface area contributed by atoms with E-state index in [1.165, 1.54) is 5.56 Å². The van der Waals surface area contributed by atoms with Crippen LogP contribution in [-0.4, -0.2) is 24.1 Å². The number of ketones is 1. The normalized spacial score (nSPS) is 10.6. The molecular weight excluding hydrogens is 326 g/mol. The first kappa shape index (κ1) is 17.8. The average molecular weight is 349 g/mol. The molecule has 26 heavy (non-hydrogen) atoms. The van der Waals surface area contributed by atoms with Crippen molar-refractivity contribution < 1.29 is 14.3 Å². The number of rotatable bonds is 6. The summed E-state index contributed by atoms with van der Waals surface area (Å²) in [6.07, 6.45) is 0. The summed E-state index contributed by atoms with van der Waals surface area (Å²) in [5.74, 6) is 1.27. The van der Waals surface area contributed by atoms with Crippen LogP contribution in [0.3, 0.4) is 0 Å². The fourth-order valence-electron chi connectivity index (χ4n) is 3.05. The summed E-state index contributed by atoms with van der Waals surface area (Å²) in [6, 6.07) is 17.4. The topological polar surface area (TPSA) is 40.5 Å². The molecular formula is C22H23NO3. The predicted molar refractivity (Wildman–Crippen MR) is 103 cm³/mol. The molecule has 0 unspecified atom stereocenters. The van der Waals surface area contributed by atoms with E-state index in [0.717, 1.165) is 17.1 Å². The molecule has 3 rings (SSSR count). The fraction of sp³-hybridized carbons (Fsp3) is 0.227. The maximum Gasteiger partial charge on any atom is 0.202 e. The number of carbonyl (C=O) groups excluding carboxylic acids is 1. The number of benzene rings is 2. The second kappa shape index (κ2) is 7.48. The minimum atomic E-state index is -0.0423. The predicted octanol–water partition coefficient (Wildman–Crippen LogP) is 4.67. The van der Waals surface area contributed by atoms with Gasteiger partial charge >= 0.3 is 0 Å². The van der Waals surface area contributed by atoms with Gasteiger partial charge in [-0.2, -0.15) is 0 Å². The van der Waals surface area contributed by atoms with Crippen LogP contribution in [-0.2, 0) is 0 Å². The van der Waals surface area contributed by atoms with Crippen molar-refractivity contribution in [1.29, 1.82) is 0 Å². The van der Waals surface area contributed by atoms with Crippen LogP contribution in [0.15, 0.2) is 54.6 Å². The number of hydrogen-bond acceptors (Lipinski definition) is 3. The second-order valence-corrected chi connectivity index (χ2v) is 6.35. The lowest BCUT2D eigenvalue weighted by Crippen LogP contribution is -2.12. The molecule has 0 saturated carbocycles. The van der Waals surface area contributed by atoms with Gasteiger partial charge in [-0.05, 0) is 51.1 Å². The highest BCUT2D eigenvalue weighted by Crippen LogP contribution is 2.23. The first-order chi connectivity index (χ1) is 12.5. The van der Waals surface area contributed by atoms with Gasteiger partial charge in [-0.1, -0.05) is 23.8 Å². The second-order valence-electron chi connectivity index (χ2n) is 6.35. The first-order valence-corrected chi connectivity index (χ1v) is 8.55. The van der Waals surface area contributed by atoms with Crippen LogP contribution in [0.25, 0.3) is 5.69 Å². The molecule has 1 heterocycles. The third-order valence-corrected chi connectivity index (χ3v) is 4.43. The van der Waals surface area contributed by atoms with Crippen molar-refractivity contribution in [3.8, 4) is 17.2 Å². The number of nitrogens with zero attached hydrogens (tertiary/aromatic N) is 1. The van der Waals surface area contributed by atoms with Gasteiger partial charge in [-0.25, -0.2) is 0 Å². The van der Waals surface area contributed by atoms with E-state index in [9.17, 15) is 4.79 Å². The minimum absolute atomic E-state index is 0.00857. The Labute approximate surface area is 154 Å². The summed E-state index contributed by atoms with van der Waals surface area (Å²) in [4.78, 5) is 12.7. The van der Waals surface area contributed by atoms with Crippen LogP contribution in [0.1, 0.15) is 27.3 Å². The zero-order valence-electron chi connectivity index (χ0n) is 15.6. The highest BCUT2D eigenvalue weighted by molar-refractivity contribution is 5.98. The summed E-state index contributed by atoms with van der Waals surface area (Å²) < 4.78 is 12.9. The van der Waals surface area contributed by atoms with Crippen LogP contribution >= 0.6 is 0 Å². The van der Waals surface area contributed by atoms with Gasteiger partial charge in [0.25, 0.3) is 0 Å². The Hall–Kier alpha value is -3.01. The van der Waals surface area contributed by atoms with E-state index in [1.807, 2.05) is 38.1 Å². The molecule has 4 nitrogen and oxygen atoms in total. The summed E-state index contributed by atoms with van der Waals surface area (Å²) in [7, 11) is 1.60. The number of Topliss-reactive ketones (excluding diaryl/α,β-unsaturated/α-hetero) is 1. The highest BCUT2D eigenvalue weighted by Gasteiger charge is 2.17. The molecule has 0 aliphatic carbocycles. The quantitative estimate of drug-likeness (QED) is 0.607. The summed E-state index contributed by atoms with van der Waals surface area (Å²) in [5, 5.41) is 0. The van der Waals surface area contributed by atoms with Gasteiger partial charge in [0.15, 0.2) is 6.61 Å². The molecule has 0 bridgehead atoms. The number of ether oxygens (including phenoxy) is 2. The zero-order chi connectivity index (χ0) is 18.7. The van der Waals surface area contributed by atoms with E-state index in [1.54, 1.807) is 13.2 Å². The standard InChI is InChI=1S/C22H23NO3/c1-15-8-10-18(11-9-15)23-16(2)12-21(17(23)3)22(24)14-26-20-7-5-6-19(13-20)25-4/h5-13H,14H2,1-4H3. The number of aromatic nitrogens is 1. The molecule has 4 heteroatoms. The summed E-state index contributed by atoms with van der Waals surface area (Å²) >= 11 is 0. The molecule has 3 aromatic rings. The van der Waals surface area contributed by atoms with Crippen LogP contribution in [0.5, 0.6) is 11.5 Å². The van der Waals surface area contributed by atoms with Crippen LogP contribution in [0.2, 0.25) is 0 Å². The molecule has 1 aromatic heterocycles. The van der Waals surface area contributed by atoms with Gasteiger partial charge in [0, 0.05) is 28.7 Å². The largest absolute Gasteiger partial charge is 0.497 e. The monoisotopic (exact) mass is 349 g/mol. The van der Waals surface area contributed by atoms with E-state index < -0.39 is 0 Å². The fourth-order valence-corrected chi connectivity index (χ4v) is 3.05. The highest BCUT2D eigenvalue weighted by atomic mass is 16.5. The van der Waals surface area contributed by atoms with Crippen LogP contribution in [0, 0.1) is 20.8 Å². The molecule has 0 aliphatic rings. The van der Waals surface area contributed by atoms with Gasteiger partial charge < -0.3 is 14.0 Å². The van der Waals surface area contributed by atoms with Gasteiger partial charge in [0.1, 0.15) is 11.5 Å². The molecule has 0 spiro atoms. The van der Waals surface area contributed by atoms with Crippen LogP contribution < -0.4 is 9.47 Å². The molecule has 0 aliphatic heterocycles. The lowest BCUT2D eigenvalue weighted by molar-refractivity contribution is 0.0920. The van der Waals surface area contributed by atoms with Crippen LogP contribution in [0.4, 0.5) is 0 Å². The van der Waals surface area contributed by atoms with Gasteiger partial charge in [-0.3, -0.25) is 4.79 Å². The summed E-state index contributed by atoms with van der Waals surface area (Å²) in [6.45, 7) is 6.02. The lowest BCUT2D eigenvalue weighted by atomic mass is 10.1. The lowest BCUT2D eigenvalue weighted by Gasteiger charge is -2.10. The number of methoxy groups -OCH3 is 1. The van der Waals surface area contributed by atoms with Crippen molar-refractivity contribution in [3.05, 3.63) is 77.1 Å². The zero-order valence-corrected chi connectivity index (χ0v) is 15.6. The molecule has 0 saturated heterocycles. The first-order valence-electron chi connectivity index (χ1n) is 8.55. The van der Waals surface area contributed by atoms with Gasteiger partial charge in [0.05, 0.1) is 7.11 Å². The molecule has 0 N–H and O–H groups in total. The smallest absolute Gasteiger partial charge is 0.202 e. The maximum absolute atomic E-state index is 12.7. The van der Waals surface area contributed by atoms with E-state index in [-0.39, 0.29) is 12.4 Å². The maximum atomic E-state index is 12.7. The molecule has 134 valence electrons. The van der Waals surface area contributed by atoms with E-state index >= 15 is 0 Å². The van der Waals surface area contributed by atoms with Crippen molar-refractivity contribution in [2.45, 2.75) is 20.8 Å². The molecule has 0 amide bonds. The Morgan fingerprint density at radius 3 is 2.35 bits per heavy atom. The third kappa shape index (κ3) is 3.64. The molecule has 0 atom stereocenters. The Bertz CT molecular complexity index is 923. The Balaban J connectivity index is 1.79. The Kier molecular flexibility index (Phi) is 5.12. The Morgan fingerprint density at radius 2 is 1.65 bits per heavy atom. The molecule has 0 fully saturated rings.